The molecule has 0 saturated heterocycles. The Balaban J connectivity index is 2.48. The van der Waals surface area contributed by atoms with E-state index in [0.29, 0.717) is 11.4 Å². The fourth-order valence-corrected chi connectivity index (χ4v) is 3.83. The highest BCUT2D eigenvalue weighted by Crippen LogP contribution is 2.21. The summed E-state index contributed by atoms with van der Waals surface area (Å²) in [6.45, 7) is 0. The molecule has 0 amide bonds. The van der Waals surface area contributed by atoms with Crippen LogP contribution in [0.3, 0.4) is 0 Å². The van der Waals surface area contributed by atoms with Crippen LogP contribution < -0.4 is 19.5 Å². The first-order valence-corrected chi connectivity index (χ1v) is 9.06. The predicted molar refractivity (Wildman–Crippen MR) is 105 cm³/mol. The van der Waals surface area contributed by atoms with Gasteiger partial charge in [-0.05, 0) is 30.3 Å². The summed E-state index contributed by atoms with van der Waals surface area (Å²) in [5.41, 5.74) is -0.348. The van der Waals surface area contributed by atoms with Crippen molar-refractivity contribution in [3.8, 4) is 23.6 Å². The largest absolute Gasteiger partial charge is 0.495 e. The molecule has 5 nitrogen and oxygen atoms in total. The van der Waals surface area contributed by atoms with Crippen molar-refractivity contribution in [2.24, 2.45) is 0 Å². The van der Waals surface area contributed by atoms with Gasteiger partial charge in [0.2, 0.25) is 0 Å². The molecule has 28 heavy (non-hydrogen) atoms. The van der Waals surface area contributed by atoms with E-state index in [9.17, 15) is 19.7 Å². The average molecular weight is 412 g/mol. The minimum absolute atomic E-state index is 0.0525. The van der Waals surface area contributed by atoms with E-state index in [0.717, 1.165) is 11.3 Å². The van der Waals surface area contributed by atoms with E-state index in [1.54, 1.807) is 36.4 Å². The Morgan fingerprint density at radius 1 is 1.21 bits per heavy atom. The van der Waals surface area contributed by atoms with Gasteiger partial charge in [0.15, 0.2) is 5.57 Å². The first-order chi connectivity index (χ1) is 13.5. The second-order valence-electron chi connectivity index (χ2n) is 5.46. The molecule has 0 atom stereocenters. The minimum Gasteiger partial charge on any atom is -0.495 e. The Labute approximate surface area is 168 Å². The van der Waals surface area contributed by atoms with Crippen LogP contribution in [0.15, 0.2) is 47.3 Å². The summed E-state index contributed by atoms with van der Waals surface area (Å²) in [6.07, 6.45) is 1.31. The lowest BCUT2D eigenvalue weighted by Crippen LogP contribution is -2.31. The summed E-state index contributed by atoms with van der Waals surface area (Å²) < 4.78 is 20.9. The van der Waals surface area contributed by atoms with Crippen molar-refractivity contribution in [3.05, 3.63) is 78.4 Å². The number of hydrogen-bond donors (Lipinski definition) is 0. The van der Waals surface area contributed by atoms with E-state index in [-0.39, 0.29) is 25.4 Å². The van der Waals surface area contributed by atoms with Gasteiger partial charge >= 0.3 is 0 Å². The Morgan fingerprint density at radius 2 is 1.93 bits per heavy atom. The van der Waals surface area contributed by atoms with E-state index in [1.807, 2.05) is 0 Å². The van der Waals surface area contributed by atoms with Crippen LogP contribution in [0.1, 0.15) is 5.56 Å². The number of aromatic nitrogens is 1. The zero-order valence-electron chi connectivity index (χ0n) is 14.4. The molecule has 0 aliphatic rings. The minimum atomic E-state index is -0.588. The lowest BCUT2D eigenvalue weighted by molar-refractivity contribution is 0.412. The Bertz CT molecular complexity index is 1290. The fourth-order valence-electron chi connectivity index (χ4n) is 2.58. The summed E-state index contributed by atoms with van der Waals surface area (Å²) in [6, 6.07) is 14.5. The van der Waals surface area contributed by atoms with Gasteiger partial charge in [-0.1, -0.05) is 29.8 Å². The van der Waals surface area contributed by atoms with Crippen LogP contribution in [0, 0.1) is 28.5 Å². The van der Waals surface area contributed by atoms with Gasteiger partial charge in [-0.2, -0.15) is 10.5 Å². The molecule has 0 fully saturated rings. The molecule has 138 valence electrons. The zero-order valence-corrected chi connectivity index (χ0v) is 16.0. The standard InChI is InChI=1S/C20H11ClFN3O2S/c1-27-17-8-3-2-7-16(17)25-19(26)18(28-20(25)12(10-23)11-24)9-13-14(21)5-4-6-15(13)22/h2-9H,1H3/b18-9+. The van der Waals surface area contributed by atoms with Gasteiger partial charge in [0, 0.05) is 5.56 Å². The SMILES string of the molecule is COc1ccccc1-n1c(=C(C#N)C#N)s/c(=C/c2c(F)cccc2Cl)c1=O. The molecule has 3 rings (SSSR count). The summed E-state index contributed by atoms with van der Waals surface area (Å²) in [4.78, 5) is 13.1. The first-order valence-electron chi connectivity index (χ1n) is 7.87. The average Bonchev–Trinajstić information content (AvgIpc) is 3.01. The molecular formula is C20H11ClFN3O2S. The van der Waals surface area contributed by atoms with Crippen LogP contribution in [0.25, 0.3) is 17.3 Å². The van der Waals surface area contributed by atoms with E-state index in [4.69, 9.17) is 16.3 Å². The Hall–Kier alpha value is -3.39. The third kappa shape index (κ3) is 3.41. The van der Waals surface area contributed by atoms with E-state index < -0.39 is 11.4 Å². The highest BCUT2D eigenvalue weighted by molar-refractivity contribution is 7.07. The Kier molecular flexibility index (Phi) is 5.60. The summed E-state index contributed by atoms with van der Waals surface area (Å²) in [7, 11) is 1.45. The van der Waals surface area contributed by atoms with Crippen molar-refractivity contribution in [1.29, 1.82) is 10.5 Å². The van der Waals surface area contributed by atoms with Gasteiger partial charge in [0.05, 0.1) is 22.4 Å². The van der Waals surface area contributed by atoms with Crippen LogP contribution in [0.4, 0.5) is 4.39 Å². The number of methoxy groups -OCH3 is 1. The third-order valence-electron chi connectivity index (χ3n) is 3.86. The van der Waals surface area contributed by atoms with Gasteiger partial charge in [0.25, 0.3) is 5.56 Å². The van der Waals surface area contributed by atoms with Gasteiger partial charge in [-0.25, -0.2) is 4.39 Å². The number of para-hydroxylation sites is 2. The topological polar surface area (TPSA) is 78.8 Å². The molecular weight excluding hydrogens is 401 g/mol. The third-order valence-corrected chi connectivity index (χ3v) is 5.28. The molecule has 1 heterocycles. The molecule has 0 bridgehead atoms. The van der Waals surface area contributed by atoms with Crippen LogP contribution >= 0.6 is 22.9 Å². The molecule has 0 aliphatic carbocycles. The Morgan fingerprint density at radius 3 is 2.57 bits per heavy atom. The smallest absolute Gasteiger partial charge is 0.273 e. The summed E-state index contributed by atoms with van der Waals surface area (Å²) in [5, 5.41) is 18.8. The monoisotopic (exact) mass is 411 g/mol. The number of halogens is 2. The quantitative estimate of drug-likeness (QED) is 0.663. The van der Waals surface area contributed by atoms with Crippen LogP contribution in [-0.2, 0) is 0 Å². The van der Waals surface area contributed by atoms with E-state index in [1.165, 1.54) is 36.0 Å². The molecule has 0 N–H and O–H groups in total. The lowest BCUT2D eigenvalue weighted by Gasteiger charge is -2.08. The maximum atomic E-state index is 14.2. The molecule has 0 unspecified atom stereocenters. The number of benzene rings is 2. The number of thiazole rings is 1. The molecule has 1 aromatic heterocycles. The van der Waals surface area contributed by atoms with Crippen LogP contribution in [0.5, 0.6) is 5.75 Å². The van der Waals surface area contributed by atoms with Gasteiger partial charge in [-0.3, -0.25) is 9.36 Å². The van der Waals surface area contributed by atoms with E-state index >= 15 is 0 Å². The molecule has 0 spiro atoms. The first kappa shape index (κ1) is 19.4. The van der Waals surface area contributed by atoms with Crippen molar-refractivity contribution in [2.45, 2.75) is 0 Å². The highest BCUT2D eigenvalue weighted by atomic mass is 35.5. The van der Waals surface area contributed by atoms with Crippen LogP contribution in [-0.4, -0.2) is 11.7 Å². The molecule has 8 heteroatoms. The number of ether oxygens (including phenoxy) is 1. The molecule has 0 saturated carbocycles. The highest BCUT2D eigenvalue weighted by Gasteiger charge is 2.15. The van der Waals surface area contributed by atoms with Gasteiger partial charge in [0.1, 0.15) is 28.4 Å². The molecule has 3 aromatic rings. The molecule has 0 radical (unpaired) electrons. The second kappa shape index (κ2) is 8.10. The van der Waals surface area contributed by atoms with Crippen molar-refractivity contribution >= 4 is 34.6 Å². The summed E-state index contributed by atoms with van der Waals surface area (Å²) in [5.74, 6) is -0.204. The summed E-state index contributed by atoms with van der Waals surface area (Å²) >= 11 is 6.96. The lowest BCUT2D eigenvalue weighted by atomic mass is 10.2. The number of nitriles is 2. The maximum absolute atomic E-state index is 14.2. The number of hydrogen-bond acceptors (Lipinski definition) is 5. The van der Waals surface area contributed by atoms with Crippen molar-refractivity contribution in [1.82, 2.24) is 4.57 Å². The van der Waals surface area contributed by atoms with E-state index in [2.05, 4.69) is 0 Å². The predicted octanol–water partition coefficient (Wildman–Crippen LogP) is 2.73. The van der Waals surface area contributed by atoms with Crippen molar-refractivity contribution in [2.75, 3.05) is 7.11 Å². The van der Waals surface area contributed by atoms with Crippen molar-refractivity contribution in [3.63, 3.8) is 0 Å². The van der Waals surface area contributed by atoms with Crippen molar-refractivity contribution < 1.29 is 9.13 Å². The molecule has 0 aliphatic heterocycles. The normalized spacial score (nSPS) is 11.0. The van der Waals surface area contributed by atoms with Crippen LogP contribution in [0.2, 0.25) is 5.02 Å². The molecule has 2 aromatic carbocycles. The number of nitrogens with zero attached hydrogens (tertiary/aromatic N) is 3. The van der Waals surface area contributed by atoms with Gasteiger partial charge < -0.3 is 4.74 Å². The zero-order chi connectivity index (χ0) is 20.3. The number of rotatable bonds is 3. The fraction of sp³-hybridized carbons (Fsp3) is 0.0500. The maximum Gasteiger partial charge on any atom is 0.273 e. The van der Waals surface area contributed by atoms with Gasteiger partial charge in [-0.15, -0.1) is 11.3 Å². The second-order valence-corrected chi connectivity index (χ2v) is 6.90.